The highest BCUT2D eigenvalue weighted by Gasteiger charge is 2.10. The van der Waals surface area contributed by atoms with Gasteiger partial charge in [0.2, 0.25) is 5.91 Å². The predicted octanol–water partition coefficient (Wildman–Crippen LogP) is 2.96. The van der Waals surface area contributed by atoms with Crippen LogP contribution in [0, 0.1) is 0 Å². The number of nitrogens with zero attached hydrogens (tertiary/aromatic N) is 1. The molecule has 0 atom stereocenters. The topological polar surface area (TPSA) is 49.4 Å². The Morgan fingerprint density at radius 2 is 1.62 bits per heavy atom. The molecule has 2 rings (SSSR count). The van der Waals surface area contributed by atoms with E-state index in [4.69, 9.17) is 0 Å². The first-order valence-electron chi connectivity index (χ1n) is 6.74. The van der Waals surface area contributed by atoms with Crippen LogP contribution in [-0.2, 0) is 4.79 Å². The van der Waals surface area contributed by atoms with E-state index in [1.54, 1.807) is 36.2 Å². The minimum absolute atomic E-state index is 0.0291. The van der Waals surface area contributed by atoms with Crippen molar-refractivity contribution < 1.29 is 9.59 Å². The van der Waals surface area contributed by atoms with Crippen molar-refractivity contribution in [3.63, 3.8) is 0 Å². The smallest absolute Gasteiger partial charge is 0.246 e. The summed E-state index contributed by atoms with van der Waals surface area (Å²) in [5, 5.41) is 3.06. The fraction of sp³-hybridized carbons (Fsp3) is 0.176. The second-order valence-corrected chi connectivity index (χ2v) is 4.78. The Kier molecular flexibility index (Phi) is 4.72. The molecule has 1 amide bonds. The van der Waals surface area contributed by atoms with Crippen molar-refractivity contribution in [2.45, 2.75) is 6.92 Å². The summed E-state index contributed by atoms with van der Waals surface area (Å²) in [4.78, 5) is 24.9. The number of nitrogens with one attached hydrogen (secondary N) is 1. The van der Waals surface area contributed by atoms with Gasteiger partial charge in [-0.3, -0.25) is 9.59 Å². The van der Waals surface area contributed by atoms with Gasteiger partial charge in [0.05, 0.1) is 6.54 Å². The Morgan fingerprint density at radius 1 is 1.00 bits per heavy atom. The molecule has 108 valence electrons. The summed E-state index contributed by atoms with van der Waals surface area (Å²) in [6, 6.07) is 16.6. The normalized spacial score (nSPS) is 10.0. The van der Waals surface area contributed by atoms with E-state index in [9.17, 15) is 9.59 Å². The predicted molar refractivity (Wildman–Crippen MR) is 84.8 cm³/mol. The van der Waals surface area contributed by atoms with Crippen LogP contribution in [0.4, 0.5) is 11.4 Å². The van der Waals surface area contributed by atoms with Crippen molar-refractivity contribution >= 4 is 23.1 Å². The highest BCUT2D eigenvalue weighted by molar-refractivity contribution is 5.96. The number of amides is 1. The second-order valence-electron chi connectivity index (χ2n) is 4.78. The van der Waals surface area contributed by atoms with Crippen LogP contribution in [0.3, 0.4) is 0 Å². The molecule has 2 aromatic rings. The zero-order chi connectivity index (χ0) is 15.2. The van der Waals surface area contributed by atoms with Gasteiger partial charge >= 0.3 is 0 Å². The number of benzene rings is 2. The van der Waals surface area contributed by atoms with Crippen LogP contribution < -0.4 is 10.2 Å². The molecule has 0 radical (unpaired) electrons. The molecule has 1 N–H and O–H groups in total. The number of carbonyl (C=O) groups excluding carboxylic acids is 2. The van der Waals surface area contributed by atoms with E-state index in [0.717, 1.165) is 11.4 Å². The van der Waals surface area contributed by atoms with E-state index in [2.05, 4.69) is 5.32 Å². The van der Waals surface area contributed by atoms with Crippen molar-refractivity contribution in [3.8, 4) is 0 Å². The van der Waals surface area contributed by atoms with Crippen molar-refractivity contribution in [2.24, 2.45) is 0 Å². The summed E-state index contributed by atoms with van der Waals surface area (Å²) >= 11 is 0. The maximum atomic E-state index is 12.1. The van der Waals surface area contributed by atoms with Gasteiger partial charge in [-0.2, -0.15) is 0 Å². The molecule has 0 saturated heterocycles. The Morgan fingerprint density at radius 3 is 2.19 bits per heavy atom. The molecule has 0 saturated carbocycles. The van der Waals surface area contributed by atoms with E-state index in [0.29, 0.717) is 5.56 Å². The van der Waals surface area contributed by atoms with Crippen molar-refractivity contribution in [1.29, 1.82) is 0 Å². The summed E-state index contributed by atoms with van der Waals surface area (Å²) in [5.41, 5.74) is 2.33. The van der Waals surface area contributed by atoms with Gasteiger partial charge in [-0.15, -0.1) is 0 Å². The molecule has 4 heteroatoms. The SMILES string of the molecule is CC(=O)c1ccc(NCC(=O)N(C)c2ccccc2)cc1. The van der Waals surface area contributed by atoms with Gasteiger partial charge in [0, 0.05) is 24.0 Å². The number of para-hydroxylation sites is 1. The minimum atomic E-state index is -0.0307. The largest absolute Gasteiger partial charge is 0.376 e. The van der Waals surface area contributed by atoms with Gasteiger partial charge in [0.25, 0.3) is 0 Å². The molecular weight excluding hydrogens is 264 g/mol. The highest BCUT2D eigenvalue weighted by Crippen LogP contribution is 2.12. The summed E-state index contributed by atoms with van der Waals surface area (Å²) < 4.78 is 0. The van der Waals surface area contributed by atoms with E-state index in [1.807, 2.05) is 30.3 Å². The van der Waals surface area contributed by atoms with Crippen LogP contribution in [-0.4, -0.2) is 25.3 Å². The number of ketones is 1. The maximum absolute atomic E-state index is 12.1. The number of likely N-dealkylation sites (N-methyl/N-ethyl adjacent to an activating group) is 1. The molecule has 21 heavy (non-hydrogen) atoms. The van der Waals surface area contributed by atoms with Crippen LogP contribution in [0.1, 0.15) is 17.3 Å². The lowest BCUT2D eigenvalue weighted by Gasteiger charge is -2.18. The van der Waals surface area contributed by atoms with Gasteiger partial charge in [0.15, 0.2) is 5.78 Å². The Labute approximate surface area is 124 Å². The van der Waals surface area contributed by atoms with Gasteiger partial charge in [-0.1, -0.05) is 18.2 Å². The summed E-state index contributed by atoms with van der Waals surface area (Å²) in [6.45, 7) is 1.73. The fourth-order valence-electron chi connectivity index (χ4n) is 1.91. The third-order valence-electron chi connectivity index (χ3n) is 3.25. The molecule has 0 heterocycles. The van der Waals surface area contributed by atoms with Crippen molar-refractivity contribution in [2.75, 3.05) is 23.8 Å². The van der Waals surface area contributed by atoms with Gasteiger partial charge in [-0.05, 0) is 43.3 Å². The zero-order valence-electron chi connectivity index (χ0n) is 12.2. The van der Waals surface area contributed by atoms with Crippen LogP contribution in [0.15, 0.2) is 54.6 Å². The Balaban J connectivity index is 1.93. The number of Topliss-reactive ketones (excluding diaryl/α,β-unsaturated/α-hetero) is 1. The van der Waals surface area contributed by atoms with Gasteiger partial charge < -0.3 is 10.2 Å². The van der Waals surface area contributed by atoms with Crippen LogP contribution in [0.2, 0.25) is 0 Å². The van der Waals surface area contributed by atoms with Crippen LogP contribution in [0.25, 0.3) is 0 Å². The first-order valence-corrected chi connectivity index (χ1v) is 6.74. The number of anilines is 2. The minimum Gasteiger partial charge on any atom is -0.376 e. The number of rotatable bonds is 5. The van der Waals surface area contributed by atoms with E-state index < -0.39 is 0 Å². The summed E-state index contributed by atoms with van der Waals surface area (Å²) in [6.07, 6.45) is 0. The molecule has 0 aliphatic carbocycles. The van der Waals surface area contributed by atoms with Crippen LogP contribution in [0.5, 0.6) is 0 Å². The third kappa shape index (κ3) is 3.92. The lowest BCUT2D eigenvalue weighted by molar-refractivity contribution is -0.116. The summed E-state index contributed by atoms with van der Waals surface area (Å²) in [5.74, 6) is -0.00159. The lowest BCUT2D eigenvalue weighted by Crippen LogP contribution is -2.32. The van der Waals surface area contributed by atoms with E-state index >= 15 is 0 Å². The van der Waals surface area contributed by atoms with Crippen LogP contribution >= 0.6 is 0 Å². The Bertz CT molecular complexity index is 621. The molecule has 0 unspecified atom stereocenters. The summed E-state index contributed by atoms with van der Waals surface area (Å²) in [7, 11) is 1.75. The number of hydrogen-bond donors (Lipinski definition) is 1. The van der Waals surface area contributed by atoms with E-state index in [-0.39, 0.29) is 18.2 Å². The molecule has 4 nitrogen and oxygen atoms in total. The molecular formula is C17H18N2O2. The average Bonchev–Trinajstić information content (AvgIpc) is 2.53. The zero-order valence-corrected chi connectivity index (χ0v) is 12.2. The molecule has 0 aliphatic rings. The average molecular weight is 282 g/mol. The molecule has 0 spiro atoms. The molecule has 0 bridgehead atoms. The first kappa shape index (κ1) is 14.8. The second kappa shape index (κ2) is 6.70. The monoisotopic (exact) mass is 282 g/mol. The van der Waals surface area contributed by atoms with Crippen molar-refractivity contribution in [3.05, 3.63) is 60.2 Å². The van der Waals surface area contributed by atoms with E-state index in [1.165, 1.54) is 6.92 Å². The fourth-order valence-corrected chi connectivity index (χ4v) is 1.91. The third-order valence-corrected chi connectivity index (χ3v) is 3.25. The standard InChI is InChI=1S/C17H18N2O2/c1-13(20)14-8-10-15(11-9-14)18-12-17(21)19(2)16-6-4-3-5-7-16/h3-11,18H,12H2,1-2H3. The highest BCUT2D eigenvalue weighted by atomic mass is 16.2. The van der Waals surface area contributed by atoms with Gasteiger partial charge in [0.1, 0.15) is 0 Å². The lowest BCUT2D eigenvalue weighted by atomic mass is 10.1. The number of carbonyl (C=O) groups is 2. The van der Waals surface area contributed by atoms with Gasteiger partial charge in [-0.25, -0.2) is 0 Å². The molecule has 0 fully saturated rings. The maximum Gasteiger partial charge on any atom is 0.246 e. The number of hydrogen-bond acceptors (Lipinski definition) is 3. The first-order chi connectivity index (χ1) is 10.1. The molecule has 0 aromatic heterocycles. The molecule has 0 aliphatic heterocycles. The van der Waals surface area contributed by atoms with Crippen molar-refractivity contribution in [1.82, 2.24) is 0 Å². The molecule has 2 aromatic carbocycles. The quantitative estimate of drug-likeness (QED) is 0.858. The Hall–Kier alpha value is -2.62.